The molecule has 0 aliphatic carbocycles. The Morgan fingerprint density at radius 1 is 1.08 bits per heavy atom. The van der Waals surface area contributed by atoms with E-state index < -0.39 is 37.0 Å². The number of nitrogens with one attached hydrogen (secondary N) is 1. The molecular weight excluding hydrogens is 518 g/mol. The number of pyridine rings is 1. The highest BCUT2D eigenvalue weighted by atomic mass is 19.4. The van der Waals surface area contributed by atoms with Gasteiger partial charge < -0.3 is 20.7 Å². The summed E-state index contributed by atoms with van der Waals surface area (Å²) in [5.41, 5.74) is 6.99. The molecule has 3 heterocycles. The van der Waals surface area contributed by atoms with Gasteiger partial charge in [-0.05, 0) is 24.1 Å². The van der Waals surface area contributed by atoms with E-state index in [9.17, 15) is 36.2 Å². The second kappa shape index (κ2) is 9.93. The van der Waals surface area contributed by atoms with Gasteiger partial charge in [-0.3, -0.25) is 9.78 Å². The predicted molar refractivity (Wildman–Crippen MR) is 126 cm³/mol. The van der Waals surface area contributed by atoms with Crippen LogP contribution in [0, 0.1) is 0 Å². The monoisotopic (exact) mass is 538 g/mol. The average molecular weight is 538 g/mol. The number of amides is 1. The molecule has 0 saturated carbocycles. The summed E-state index contributed by atoms with van der Waals surface area (Å²) in [4.78, 5) is 27.9. The number of carbonyl (C=O) groups is 1. The van der Waals surface area contributed by atoms with Gasteiger partial charge in [0.2, 0.25) is 5.91 Å². The number of primary amides is 1. The van der Waals surface area contributed by atoms with Crippen LogP contribution in [0.5, 0.6) is 0 Å². The number of nitrogens with two attached hydrogens (primary N) is 1. The van der Waals surface area contributed by atoms with Gasteiger partial charge in [-0.1, -0.05) is 24.3 Å². The molecule has 8 nitrogen and oxygen atoms in total. The number of H-pyrrole nitrogens is 1. The van der Waals surface area contributed by atoms with Gasteiger partial charge in [0.1, 0.15) is 24.1 Å². The number of carbonyl (C=O) groups excluding carboxylic acids is 1. The number of anilines is 1. The molecule has 0 radical (unpaired) electrons. The van der Waals surface area contributed by atoms with E-state index in [2.05, 4.69) is 19.9 Å². The molecule has 38 heavy (non-hydrogen) atoms. The van der Waals surface area contributed by atoms with Gasteiger partial charge >= 0.3 is 12.4 Å². The van der Waals surface area contributed by atoms with Crippen LogP contribution in [-0.4, -0.2) is 55.9 Å². The maximum Gasteiger partial charge on any atom is 0.418 e. The normalized spacial score (nSPS) is 13.9. The minimum atomic E-state index is -4.80. The number of hydrogen-bond acceptors (Lipinski definition) is 6. The van der Waals surface area contributed by atoms with Crippen molar-refractivity contribution in [1.82, 2.24) is 19.9 Å². The predicted octanol–water partition coefficient (Wildman–Crippen LogP) is 4.53. The van der Waals surface area contributed by atoms with E-state index in [1.807, 2.05) is 0 Å². The number of aliphatic hydroxyl groups is 1. The standard InChI is InChI=1S/C24H20F6N6O2/c1-12(21(31)38)36(11-23(25,26)27)19-10-32-9-18(35-19)17-8-34-22-16(17)6-15(7-33-22)13-2-4-14(5-3-13)20(37)24(28,29)30/h2-10,12,20,37H,11H2,1H3,(H2,31,38)(H,33,34)/t12-,20?/m1/s1. The molecule has 0 aliphatic rings. The molecule has 2 atom stereocenters. The quantitative estimate of drug-likeness (QED) is 0.298. The van der Waals surface area contributed by atoms with Crippen molar-refractivity contribution < 1.29 is 36.2 Å². The number of benzene rings is 1. The first-order valence-corrected chi connectivity index (χ1v) is 11.0. The first-order chi connectivity index (χ1) is 17.7. The lowest BCUT2D eigenvalue weighted by Crippen LogP contribution is -2.47. The van der Waals surface area contributed by atoms with Crippen LogP contribution in [0.1, 0.15) is 18.6 Å². The summed E-state index contributed by atoms with van der Waals surface area (Å²) in [6.07, 6.45) is -6.64. The molecule has 1 aromatic carbocycles. The van der Waals surface area contributed by atoms with Crippen molar-refractivity contribution in [2.75, 3.05) is 11.4 Å². The first kappa shape index (κ1) is 26.9. The van der Waals surface area contributed by atoms with E-state index in [0.717, 1.165) is 18.3 Å². The molecule has 4 aromatic rings. The molecule has 14 heteroatoms. The summed E-state index contributed by atoms with van der Waals surface area (Å²) in [7, 11) is 0. The topological polar surface area (TPSA) is 121 Å². The maximum absolute atomic E-state index is 13.2. The SMILES string of the molecule is C[C@H](C(N)=O)N(CC(F)(F)F)c1cncc(-c2c[nH]c3ncc(-c4ccc(C(O)C(F)(F)F)cc4)cc23)n1. The molecular formula is C24H20F6N6O2. The van der Waals surface area contributed by atoms with Crippen LogP contribution in [0.2, 0.25) is 0 Å². The van der Waals surface area contributed by atoms with Gasteiger partial charge in [0, 0.05) is 28.9 Å². The fourth-order valence-corrected chi connectivity index (χ4v) is 3.81. The van der Waals surface area contributed by atoms with E-state index in [4.69, 9.17) is 5.73 Å². The maximum atomic E-state index is 13.2. The average Bonchev–Trinajstić information content (AvgIpc) is 3.29. The number of nitrogens with zero attached hydrogens (tertiary/aromatic N) is 4. The second-order valence-corrected chi connectivity index (χ2v) is 8.47. The number of halogens is 6. The summed E-state index contributed by atoms with van der Waals surface area (Å²) in [5.74, 6) is -1.19. The Bertz CT molecular complexity index is 1450. The van der Waals surface area contributed by atoms with Crippen molar-refractivity contribution in [3.63, 3.8) is 0 Å². The van der Waals surface area contributed by atoms with E-state index in [1.165, 1.54) is 37.6 Å². The van der Waals surface area contributed by atoms with Gasteiger partial charge in [-0.15, -0.1) is 0 Å². The Balaban J connectivity index is 1.71. The Labute approximate surface area is 211 Å². The van der Waals surface area contributed by atoms with Gasteiger partial charge in [-0.2, -0.15) is 26.3 Å². The van der Waals surface area contributed by atoms with Crippen LogP contribution in [0.3, 0.4) is 0 Å². The number of aromatic amines is 1. The first-order valence-electron chi connectivity index (χ1n) is 11.0. The number of hydrogen-bond donors (Lipinski definition) is 3. The summed E-state index contributed by atoms with van der Waals surface area (Å²) in [6, 6.07) is 5.47. The van der Waals surface area contributed by atoms with E-state index >= 15 is 0 Å². The second-order valence-electron chi connectivity index (χ2n) is 8.47. The van der Waals surface area contributed by atoms with E-state index in [0.29, 0.717) is 32.6 Å². The highest BCUT2D eigenvalue weighted by Gasteiger charge is 2.39. The molecule has 0 fully saturated rings. The number of rotatable bonds is 7. The summed E-state index contributed by atoms with van der Waals surface area (Å²) in [5, 5.41) is 9.95. The largest absolute Gasteiger partial charge is 0.418 e. The van der Waals surface area contributed by atoms with Crippen molar-refractivity contribution in [1.29, 1.82) is 0 Å². The smallest absolute Gasteiger partial charge is 0.379 e. The minimum absolute atomic E-state index is 0.181. The Hall–Kier alpha value is -4.20. The molecule has 0 spiro atoms. The lowest BCUT2D eigenvalue weighted by atomic mass is 10.0. The summed E-state index contributed by atoms with van der Waals surface area (Å²) < 4.78 is 78.0. The van der Waals surface area contributed by atoms with E-state index in [1.54, 1.807) is 6.07 Å². The summed E-state index contributed by atoms with van der Waals surface area (Å²) in [6.45, 7) is -0.253. The van der Waals surface area contributed by atoms with Gasteiger partial charge in [-0.25, -0.2) is 9.97 Å². The molecule has 0 aliphatic heterocycles. The van der Waals surface area contributed by atoms with E-state index in [-0.39, 0.29) is 17.1 Å². The van der Waals surface area contributed by atoms with Gasteiger partial charge in [0.25, 0.3) is 0 Å². The minimum Gasteiger partial charge on any atom is -0.379 e. The van der Waals surface area contributed by atoms with Crippen LogP contribution < -0.4 is 10.6 Å². The Kier molecular flexibility index (Phi) is 7.02. The molecule has 4 rings (SSSR count). The third-order valence-corrected chi connectivity index (χ3v) is 5.82. The fourth-order valence-electron chi connectivity index (χ4n) is 3.81. The molecule has 1 amide bonds. The third-order valence-electron chi connectivity index (χ3n) is 5.82. The fraction of sp³-hybridized carbons (Fsp3) is 0.250. The molecule has 200 valence electrons. The van der Waals surface area contributed by atoms with Crippen LogP contribution in [-0.2, 0) is 4.79 Å². The van der Waals surface area contributed by atoms with Crippen LogP contribution in [0.15, 0.2) is 55.1 Å². The van der Waals surface area contributed by atoms with Crippen molar-refractivity contribution in [2.24, 2.45) is 5.73 Å². The van der Waals surface area contributed by atoms with Crippen molar-refractivity contribution in [2.45, 2.75) is 31.4 Å². The molecule has 0 saturated heterocycles. The van der Waals surface area contributed by atoms with Crippen molar-refractivity contribution in [3.8, 4) is 22.4 Å². The lowest BCUT2D eigenvalue weighted by molar-refractivity contribution is -0.206. The zero-order chi connectivity index (χ0) is 27.8. The van der Waals surface area contributed by atoms with Crippen LogP contribution in [0.4, 0.5) is 32.2 Å². The number of aromatic nitrogens is 4. The zero-order valence-corrected chi connectivity index (χ0v) is 19.5. The van der Waals surface area contributed by atoms with Crippen molar-refractivity contribution >= 4 is 22.8 Å². The van der Waals surface area contributed by atoms with Crippen LogP contribution >= 0.6 is 0 Å². The van der Waals surface area contributed by atoms with Crippen LogP contribution in [0.25, 0.3) is 33.4 Å². The molecule has 4 N–H and O–H groups in total. The lowest BCUT2D eigenvalue weighted by Gasteiger charge is -2.29. The molecule has 3 aromatic heterocycles. The number of alkyl halides is 6. The highest BCUT2D eigenvalue weighted by Crippen LogP contribution is 2.35. The third kappa shape index (κ3) is 5.69. The van der Waals surface area contributed by atoms with Gasteiger partial charge in [0.05, 0.1) is 18.1 Å². The Morgan fingerprint density at radius 2 is 1.76 bits per heavy atom. The molecule has 0 bridgehead atoms. The number of fused-ring (bicyclic) bond motifs is 1. The number of aliphatic hydroxyl groups excluding tert-OH is 1. The highest BCUT2D eigenvalue weighted by molar-refractivity contribution is 5.95. The van der Waals surface area contributed by atoms with Crippen molar-refractivity contribution in [3.05, 3.63) is 60.7 Å². The zero-order valence-electron chi connectivity index (χ0n) is 19.5. The Morgan fingerprint density at radius 3 is 2.37 bits per heavy atom. The summed E-state index contributed by atoms with van der Waals surface area (Å²) >= 11 is 0. The molecule has 1 unspecified atom stereocenters. The van der Waals surface area contributed by atoms with Gasteiger partial charge in [0.15, 0.2) is 6.10 Å².